The van der Waals surface area contributed by atoms with Gasteiger partial charge in [0.15, 0.2) is 0 Å². The first-order valence-electron chi connectivity index (χ1n) is 8.01. The van der Waals surface area contributed by atoms with Gasteiger partial charge >= 0.3 is 46.9 Å². The maximum absolute atomic E-state index is 11.4. The maximum atomic E-state index is 11.4. The zero-order valence-electron chi connectivity index (χ0n) is 17.1. The summed E-state index contributed by atoms with van der Waals surface area (Å²) in [6.45, 7) is 0. The molecule has 31 heteroatoms. The van der Waals surface area contributed by atoms with Crippen LogP contribution in [0.5, 0.6) is 0 Å². The molecule has 0 radical (unpaired) electrons. The fourth-order valence-electron chi connectivity index (χ4n) is 2.79. The Morgan fingerprint density at radius 1 is 0.297 bits per heavy atom. The largest absolute Gasteiger partial charge is 0.470 e. The van der Waals surface area contributed by atoms with Gasteiger partial charge in [0, 0.05) is 19.5 Å². The Morgan fingerprint density at radius 2 is 0.378 bits per heavy atom. The van der Waals surface area contributed by atoms with E-state index in [4.69, 9.17) is 58.7 Å². The van der Waals surface area contributed by atoms with Crippen LogP contribution >= 0.6 is 46.9 Å². The Labute approximate surface area is 216 Å². The van der Waals surface area contributed by atoms with E-state index in [1.54, 1.807) is 0 Å². The summed E-state index contributed by atoms with van der Waals surface area (Å²) in [4.78, 5) is 110. The van der Waals surface area contributed by atoms with Crippen molar-refractivity contribution in [3.05, 3.63) is 0 Å². The molecule has 1 aliphatic rings. The summed E-state index contributed by atoms with van der Waals surface area (Å²) in [5.74, 6) is 0. The number of hydrogen-bond donors (Lipinski definition) is 12. The molecule has 12 N–H and O–H groups in total. The van der Waals surface area contributed by atoms with Gasteiger partial charge in [0.1, 0.15) is 36.6 Å². The van der Waals surface area contributed by atoms with E-state index in [1.807, 2.05) is 0 Å². The molecule has 24 nitrogen and oxygen atoms in total. The Morgan fingerprint density at radius 3 is 0.432 bits per heavy atom. The van der Waals surface area contributed by atoms with Crippen LogP contribution in [0.1, 0.15) is 0 Å². The first kappa shape index (κ1) is 38.3. The molecule has 0 saturated heterocycles. The van der Waals surface area contributed by atoms with Gasteiger partial charge in [-0.05, 0) is 0 Å². The Hall–Kier alpha value is 1.28. The third kappa shape index (κ3) is 15.2. The average Bonchev–Trinajstić information content (AvgIpc) is 2.51. The number of rotatable bonds is 12. The number of phosphoric acid groups is 6. The van der Waals surface area contributed by atoms with Crippen molar-refractivity contribution in [1.82, 2.24) is 0 Å². The Kier molecular flexibility index (Phi) is 13.5. The van der Waals surface area contributed by atoms with Gasteiger partial charge in [-0.3, -0.25) is 27.1 Å². The zero-order chi connectivity index (χ0) is 28.7. The van der Waals surface area contributed by atoms with Gasteiger partial charge in [0.2, 0.25) is 0 Å². The quantitative estimate of drug-likeness (QED) is 0.0698. The first-order chi connectivity index (χ1) is 15.6. The molecule has 0 aromatic heterocycles. The molecule has 0 heterocycles. The molecule has 0 unspecified atom stereocenters. The molecule has 0 aliphatic heterocycles. The molecule has 0 aromatic rings. The Balaban J connectivity index is 0.0000130. The van der Waals surface area contributed by atoms with Crippen molar-refractivity contribution >= 4 is 46.9 Å². The first-order valence-corrected chi connectivity index (χ1v) is 17.2. The van der Waals surface area contributed by atoms with Crippen molar-refractivity contribution in [2.45, 2.75) is 36.6 Å². The van der Waals surface area contributed by atoms with Crippen molar-refractivity contribution in [3.63, 3.8) is 0 Å². The fraction of sp³-hybridized carbons (Fsp3) is 1.00. The normalized spacial score (nSPS) is 28.5. The van der Waals surface area contributed by atoms with Gasteiger partial charge in [0.05, 0.1) is 0 Å². The molecule has 0 aromatic carbocycles. The molecule has 218 valence electrons. The molecule has 0 spiro atoms. The summed E-state index contributed by atoms with van der Waals surface area (Å²) < 4.78 is 93.1. The molecule has 37 heavy (non-hydrogen) atoms. The second-order valence-corrected chi connectivity index (χ2v) is 13.5. The second kappa shape index (κ2) is 13.1. The molecule has 1 rings (SSSR count). The SMILES string of the molecule is O=P(O)(O)O[C@H]1[C@H](OP(=O)(O)O)[C@@H](OP(=O)(O)O)[C@H](OP(=O)(O)O)[C@@H](OP(=O)(O)O)[C@H]1OP(=O)(O)O.[Zn]. The molecular weight excluding hydrogens is 707 g/mol. The summed E-state index contributed by atoms with van der Waals surface area (Å²) in [6, 6.07) is 0. The van der Waals surface area contributed by atoms with Crippen LogP contribution in [-0.2, 0) is 74.0 Å². The van der Waals surface area contributed by atoms with Crippen LogP contribution in [0.2, 0.25) is 0 Å². The van der Waals surface area contributed by atoms with E-state index in [9.17, 15) is 27.4 Å². The molecular formula is C6H18O24P6Zn. The minimum Gasteiger partial charge on any atom is -0.303 e. The second-order valence-electron chi connectivity index (χ2n) is 6.36. The van der Waals surface area contributed by atoms with Gasteiger partial charge in [-0.15, -0.1) is 0 Å². The van der Waals surface area contributed by atoms with Crippen molar-refractivity contribution in [1.29, 1.82) is 0 Å². The molecule has 1 aliphatic carbocycles. The van der Waals surface area contributed by atoms with Gasteiger partial charge in [0.25, 0.3) is 0 Å². The van der Waals surface area contributed by atoms with Crippen LogP contribution < -0.4 is 0 Å². The van der Waals surface area contributed by atoms with Crippen molar-refractivity contribution in [3.8, 4) is 0 Å². The molecule has 0 amide bonds. The van der Waals surface area contributed by atoms with E-state index in [1.165, 1.54) is 0 Å². The van der Waals surface area contributed by atoms with Crippen LogP contribution in [0, 0.1) is 0 Å². The zero-order valence-corrected chi connectivity index (χ0v) is 25.5. The minimum absolute atomic E-state index is 0. The summed E-state index contributed by atoms with van der Waals surface area (Å²) >= 11 is 0. The van der Waals surface area contributed by atoms with E-state index in [0.29, 0.717) is 0 Å². The smallest absolute Gasteiger partial charge is 0.303 e. The van der Waals surface area contributed by atoms with Gasteiger partial charge in [-0.2, -0.15) is 0 Å². The summed E-state index contributed by atoms with van der Waals surface area (Å²) in [7, 11) is -36.1. The van der Waals surface area contributed by atoms with Crippen LogP contribution in [0.15, 0.2) is 0 Å². The van der Waals surface area contributed by atoms with Crippen LogP contribution in [0.25, 0.3) is 0 Å². The summed E-state index contributed by atoms with van der Waals surface area (Å²) in [5, 5.41) is 0. The van der Waals surface area contributed by atoms with Crippen LogP contribution in [0.3, 0.4) is 0 Å². The van der Waals surface area contributed by atoms with Crippen molar-refractivity contribution in [2.75, 3.05) is 0 Å². The number of phosphoric ester groups is 6. The predicted octanol–water partition coefficient (Wildman–Crippen LogP) is -3.14. The topological polar surface area (TPSA) is 401 Å². The minimum atomic E-state index is -6.02. The molecule has 0 atom stereocenters. The van der Waals surface area contributed by atoms with Gasteiger partial charge in [-0.1, -0.05) is 0 Å². The third-order valence-corrected chi connectivity index (χ3v) is 6.61. The third-order valence-electron chi connectivity index (χ3n) is 3.50. The summed E-state index contributed by atoms with van der Waals surface area (Å²) in [6.07, 6.45) is -18.9. The summed E-state index contributed by atoms with van der Waals surface area (Å²) in [5.41, 5.74) is 0. The van der Waals surface area contributed by atoms with E-state index < -0.39 is 83.6 Å². The van der Waals surface area contributed by atoms with E-state index >= 15 is 0 Å². The van der Waals surface area contributed by atoms with Gasteiger partial charge < -0.3 is 58.7 Å². The van der Waals surface area contributed by atoms with E-state index in [2.05, 4.69) is 27.1 Å². The monoisotopic (exact) mass is 724 g/mol. The average molecular weight is 725 g/mol. The molecule has 1 saturated carbocycles. The van der Waals surface area contributed by atoms with Gasteiger partial charge in [-0.25, -0.2) is 27.4 Å². The number of hydrogen-bond acceptors (Lipinski definition) is 12. The van der Waals surface area contributed by atoms with Crippen LogP contribution in [0.4, 0.5) is 0 Å². The van der Waals surface area contributed by atoms with E-state index in [-0.39, 0.29) is 19.5 Å². The van der Waals surface area contributed by atoms with Crippen molar-refractivity contribution < 1.29 is 133 Å². The standard InChI is InChI=1S/C6H18O24P6.Zn/c7-31(8,9)25-1-2(26-32(10,11)12)4(28-34(16,17)18)6(30-36(22,23)24)5(29-35(19,20)21)3(1)27-33(13,14)15;/h1-6H,(H2,7,8,9)(H2,10,11,12)(H2,13,14,15)(H2,16,17,18)(H2,19,20,21)(H2,22,23,24);/t1-,2-,3-,4+,5-,6-;. The maximum Gasteiger partial charge on any atom is 0.470 e. The predicted molar refractivity (Wildman–Crippen MR) is 102 cm³/mol. The van der Waals surface area contributed by atoms with Crippen LogP contribution in [-0.4, -0.2) is 95.3 Å². The molecule has 0 bridgehead atoms. The van der Waals surface area contributed by atoms with E-state index in [0.717, 1.165) is 0 Å². The van der Waals surface area contributed by atoms with Crippen molar-refractivity contribution in [2.24, 2.45) is 0 Å². The fourth-order valence-corrected chi connectivity index (χ4v) is 6.14. The molecule has 1 fully saturated rings. The Bertz CT molecular complexity index is 824.